The van der Waals surface area contributed by atoms with E-state index >= 15 is 0 Å². The largest absolute Gasteiger partial charge is 0.326 e. The first-order chi connectivity index (χ1) is 14.5. The van der Waals surface area contributed by atoms with Gasteiger partial charge in [-0.15, -0.1) is 0 Å². The number of rotatable bonds is 15. The number of benzene rings is 2. The highest BCUT2D eigenvalue weighted by Crippen LogP contribution is 2.16. The van der Waals surface area contributed by atoms with Crippen LogP contribution in [0.25, 0.3) is 0 Å². The van der Waals surface area contributed by atoms with E-state index in [1.807, 2.05) is 18.2 Å². The van der Waals surface area contributed by atoms with Crippen molar-refractivity contribution in [1.29, 1.82) is 2.71 Å². The van der Waals surface area contributed by atoms with Crippen molar-refractivity contribution in [1.82, 2.24) is 5.32 Å². The lowest BCUT2D eigenvalue weighted by Crippen LogP contribution is -2.16. The van der Waals surface area contributed by atoms with Gasteiger partial charge in [0.25, 0.3) is 0 Å². The summed E-state index contributed by atoms with van der Waals surface area (Å²) < 4.78 is 43.5. The second kappa shape index (κ2) is 13.6. The van der Waals surface area contributed by atoms with Crippen molar-refractivity contribution in [2.75, 3.05) is 13.2 Å². The summed E-state index contributed by atoms with van der Waals surface area (Å²) in [6, 6.07) is 15.9. The molecular formula is C22H31FNO3P. The van der Waals surface area contributed by atoms with Crippen LogP contribution in [0.1, 0.15) is 48.8 Å². The molecule has 6 heteroatoms. The van der Waals surface area contributed by atoms with E-state index in [1.54, 1.807) is 6.07 Å². The molecule has 0 saturated carbocycles. The van der Waals surface area contributed by atoms with Gasteiger partial charge in [0, 0.05) is 6.54 Å². The van der Waals surface area contributed by atoms with Crippen LogP contribution in [-0.4, -0.2) is 20.8 Å². The van der Waals surface area contributed by atoms with E-state index in [0.29, 0.717) is 19.5 Å². The molecule has 154 valence electrons. The number of hydrogen-bond acceptors (Lipinski definition) is 4. The second-order valence-electron chi connectivity index (χ2n) is 6.91. The molecule has 0 radical (unpaired) electrons. The first kappa shape index (κ1) is 19.8. The fourth-order valence-corrected chi connectivity index (χ4v) is 3.39. The summed E-state index contributed by atoms with van der Waals surface area (Å²) in [4.78, 5) is 3.69. The van der Waals surface area contributed by atoms with Crippen molar-refractivity contribution in [3.8, 4) is 0 Å². The lowest BCUT2D eigenvalue weighted by Gasteiger charge is -2.08. The van der Waals surface area contributed by atoms with Crippen LogP contribution in [0, 0.1) is 5.82 Å². The number of hydrogen-bond donors (Lipinski definition) is 2. The van der Waals surface area contributed by atoms with E-state index in [9.17, 15) is 8.96 Å². The molecule has 0 aliphatic rings. The molecule has 2 aromatic carbocycles. The predicted molar refractivity (Wildman–Crippen MR) is 112 cm³/mol. The maximum atomic E-state index is 14.3. The lowest BCUT2D eigenvalue weighted by atomic mass is 10.0. The Morgan fingerprint density at radius 2 is 1.82 bits per heavy atom. The third-order valence-corrected chi connectivity index (χ3v) is 5.04. The average Bonchev–Trinajstić information content (AvgIpc) is 2.75. The standard InChI is InChI=1S/C22H31FNO3P/c23-22-17-20(18-24-15-8-16-27-28(25)26)13-14-21(22)12-7-2-1-4-9-19-10-5-3-6-11-19/h3,5-6,10-11,13-14,17,24,28H,1-2,4,7-9,12,15-16,18H2,(H,25,26)/i28D/hD. The minimum Gasteiger partial charge on any atom is -0.326 e. The molecule has 2 N–H and O–H groups in total. The van der Waals surface area contributed by atoms with Crippen LogP contribution < -0.4 is 5.32 Å². The number of nitrogens with one attached hydrogen (secondary N) is 1. The molecule has 0 saturated heterocycles. The van der Waals surface area contributed by atoms with Crippen molar-refractivity contribution >= 4 is 8.20 Å². The van der Waals surface area contributed by atoms with Gasteiger partial charge in [-0.05, 0) is 61.4 Å². The third-order valence-electron chi connectivity index (χ3n) is 4.65. The van der Waals surface area contributed by atoms with Crippen LogP contribution in [-0.2, 0) is 28.5 Å². The molecule has 0 bridgehead atoms. The van der Waals surface area contributed by atoms with E-state index in [4.69, 9.17) is 2.71 Å². The molecule has 0 aliphatic heterocycles. The van der Waals surface area contributed by atoms with Crippen LogP contribution in [0.4, 0.5) is 4.39 Å². The van der Waals surface area contributed by atoms with E-state index in [1.165, 1.54) is 5.56 Å². The van der Waals surface area contributed by atoms with Gasteiger partial charge >= 0.3 is 8.20 Å². The van der Waals surface area contributed by atoms with Gasteiger partial charge in [0.2, 0.25) is 1.43 Å². The van der Waals surface area contributed by atoms with Crippen LogP contribution in [0.15, 0.2) is 48.5 Å². The molecule has 1 unspecified atom stereocenters. The van der Waals surface area contributed by atoms with Gasteiger partial charge in [-0.25, -0.2) is 4.39 Å². The Morgan fingerprint density at radius 1 is 1.04 bits per heavy atom. The minimum absolute atomic E-state index is 0.0608. The predicted octanol–water partition coefficient (Wildman–Crippen LogP) is 5.05. The van der Waals surface area contributed by atoms with Crippen molar-refractivity contribution in [3.05, 3.63) is 71.0 Å². The molecule has 0 heterocycles. The Kier molecular flexibility index (Phi) is 9.62. The molecule has 1 atom stereocenters. The molecule has 0 fully saturated rings. The van der Waals surface area contributed by atoms with Crippen LogP contribution in [0.2, 0.25) is 0 Å². The highest BCUT2D eigenvalue weighted by atomic mass is 31.1. The quantitative estimate of drug-likeness (QED) is 0.319. The van der Waals surface area contributed by atoms with Gasteiger partial charge in [0.15, 0.2) is 1.28 Å². The summed E-state index contributed by atoms with van der Waals surface area (Å²) in [5.74, 6) is -0.162. The summed E-state index contributed by atoms with van der Waals surface area (Å²) in [5.41, 5.74) is 3.00. The normalized spacial score (nSPS) is 14.3. The zero-order chi connectivity index (χ0) is 21.7. The topological polar surface area (TPSA) is 58.6 Å². The van der Waals surface area contributed by atoms with Gasteiger partial charge in [0.1, 0.15) is 5.82 Å². The van der Waals surface area contributed by atoms with Gasteiger partial charge in [-0.2, -0.15) is 0 Å². The first-order valence-corrected chi connectivity index (χ1v) is 11.0. The minimum atomic E-state index is -3.98. The molecule has 28 heavy (non-hydrogen) atoms. The molecule has 0 aliphatic carbocycles. The highest BCUT2D eigenvalue weighted by Gasteiger charge is 2.04. The maximum absolute atomic E-state index is 14.3. The van der Waals surface area contributed by atoms with Crippen molar-refractivity contribution < 1.29 is 18.4 Å². The van der Waals surface area contributed by atoms with E-state index in [-0.39, 0.29) is 12.4 Å². The van der Waals surface area contributed by atoms with E-state index in [0.717, 1.165) is 49.7 Å². The SMILES string of the molecule is [2H]OP([2H])(=O)OCCCNCc1ccc(CCCCCCc2ccccc2)c(F)c1. The Bertz CT molecular complexity index is 795. The Morgan fingerprint density at radius 3 is 2.57 bits per heavy atom. The monoisotopic (exact) mass is 409 g/mol. The van der Waals surface area contributed by atoms with Crippen molar-refractivity contribution in [2.24, 2.45) is 0 Å². The van der Waals surface area contributed by atoms with Crippen LogP contribution in [0.5, 0.6) is 0 Å². The maximum Gasteiger partial charge on any atom is 0.316 e. The molecule has 2 aromatic rings. The zero-order valence-electron chi connectivity index (χ0n) is 18.2. The van der Waals surface area contributed by atoms with E-state index < -0.39 is 8.20 Å². The van der Waals surface area contributed by atoms with Crippen molar-refractivity contribution in [2.45, 2.75) is 51.5 Å². The molecule has 2 rings (SSSR count). The Labute approximate surface area is 170 Å². The molecule has 0 aromatic heterocycles. The molecule has 0 spiro atoms. The van der Waals surface area contributed by atoms with Gasteiger partial charge in [-0.3, -0.25) is 4.57 Å². The Hall–Kier alpha value is -1.52. The summed E-state index contributed by atoms with van der Waals surface area (Å²) in [6.45, 7) is 1.14. The highest BCUT2D eigenvalue weighted by molar-refractivity contribution is 7.32. The summed E-state index contributed by atoms with van der Waals surface area (Å²) in [6.07, 6.45) is 6.79. The fourth-order valence-electron chi connectivity index (χ4n) is 3.12. The first-order valence-electron chi connectivity index (χ1n) is 10.8. The second-order valence-corrected chi connectivity index (χ2v) is 7.62. The molecular weight excluding hydrogens is 376 g/mol. The molecule has 0 amide bonds. The number of halogens is 1. The van der Waals surface area contributed by atoms with Crippen molar-refractivity contribution in [3.63, 3.8) is 0 Å². The van der Waals surface area contributed by atoms with Crippen LogP contribution in [0.3, 0.4) is 0 Å². The summed E-state index contributed by atoms with van der Waals surface area (Å²) >= 11 is 0. The smallest absolute Gasteiger partial charge is 0.316 e. The Balaban J connectivity index is 1.57. The average molecular weight is 409 g/mol. The number of unbranched alkanes of at least 4 members (excludes halogenated alkanes) is 3. The fraction of sp³-hybridized carbons (Fsp3) is 0.455. The van der Waals surface area contributed by atoms with Crippen LogP contribution >= 0.6 is 8.20 Å². The summed E-state index contributed by atoms with van der Waals surface area (Å²) in [7, 11) is -3.98. The lowest BCUT2D eigenvalue weighted by molar-refractivity contribution is 0.276. The van der Waals surface area contributed by atoms with Gasteiger partial charge in [0.05, 0.1) is 6.61 Å². The third kappa shape index (κ3) is 9.61. The van der Waals surface area contributed by atoms with Gasteiger partial charge < -0.3 is 14.7 Å². The number of aryl methyl sites for hydroxylation is 2. The molecule has 4 nitrogen and oxygen atoms in total. The van der Waals surface area contributed by atoms with Gasteiger partial charge in [-0.1, -0.05) is 55.3 Å². The summed E-state index contributed by atoms with van der Waals surface area (Å²) in [5, 5.41) is 3.15. The van der Waals surface area contributed by atoms with E-state index in [2.05, 4.69) is 39.0 Å². The zero-order valence-corrected chi connectivity index (χ0v) is 17.1.